The first-order valence-electron chi connectivity index (χ1n) is 4.45. The van der Waals surface area contributed by atoms with Crippen LogP contribution in [-0.4, -0.2) is 26.3 Å². The highest BCUT2D eigenvalue weighted by atomic mass is 35.5. The molecule has 1 aromatic carbocycles. The van der Waals surface area contributed by atoms with Crippen molar-refractivity contribution in [2.24, 2.45) is 0 Å². The van der Waals surface area contributed by atoms with Crippen LogP contribution < -0.4 is 5.73 Å². The average Bonchev–Trinajstić information content (AvgIpc) is 2.23. The standard InChI is InChI=1S/C10H10ClFN2O2S/c1-3-4-14(2)17(15,16)9-6-7(13)5-8(11)10(9)12/h1,5-6H,4,13H2,2H3. The van der Waals surface area contributed by atoms with Gasteiger partial charge < -0.3 is 5.73 Å². The normalized spacial score (nSPS) is 11.5. The third-order valence-electron chi connectivity index (χ3n) is 2.02. The molecule has 0 radical (unpaired) electrons. The van der Waals surface area contributed by atoms with Gasteiger partial charge >= 0.3 is 0 Å². The first-order valence-corrected chi connectivity index (χ1v) is 6.27. The van der Waals surface area contributed by atoms with Crippen molar-refractivity contribution < 1.29 is 12.8 Å². The van der Waals surface area contributed by atoms with Gasteiger partial charge in [-0.05, 0) is 12.1 Å². The molecule has 0 atom stereocenters. The molecule has 4 nitrogen and oxygen atoms in total. The Labute approximate surface area is 104 Å². The fourth-order valence-electron chi connectivity index (χ4n) is 1.15. The molecule has 92 valence electrons. The van der Waals surface area contributed by atoms with Gasteiger partial charge in [0.25, 0.3) is 0 Å². The second kappa shape index (κ2) is 4.92. The van der Waals surface area contributed by atoms with Crippen LogP contribution in [0, 0.1) is 18.2 Å². The average molecular weight is 277 g/mol. The monoisotopic (exact) mass is 276 g/mol. The Hall–Kier alpha value is -1.29. The highest BCUT2D eigenvalue weighted by Gasteiger charge is 2.25. The number of benzene rings is 1. The smallest absolute Gasteiger partial charge is 0.246 e. The van der Waals surface area contributed by atoms with Crippen molar-refractivity contribution in [2.75, 3.05) is 19.3 Å². The van der Waals surface area contributed by atoms with E-state index in [1.165, 1.54) is 7.05 Å². The fraction of sp³-hybridized carbons (Fsp3) is 0.200. The van der Waals surface area contributed by atoms with E-state index in [0.717, 1.165) is 16.4 Å². The first kappa shape index (κ1) is 13.8. The van der Waals surface area contributed by atoms with E-state index in [9.17, 15) is 12.8 Å². The molecule has 0 fully saturated rings. The number of rotatable bonds is 3. The predicted molar refractivity (Wildman–Crippen MR) is 64.5 cm³/mol. The van der Waals surface area contributed by atoms with E-state index >= 15 is 0 Å². The maximum absolute atomic E-state index is 13.6. The van der Waals surface area contributed by atoms with Crippen LogP contribution in [0.1, 0.15) is 0 Å². The molecule has 0 spiro atoms. The second-order valence-electron chi connectivity index (χ2n) is 3.28. The quantitative estimate of drug-likeness (QED) is 0.669. The third kappa shape index (κ3) is 2.69. The SMILES string of the molecule is C#CCN(C)S(=O)(=O)c1cc(N)cc(Cl)c1F. The van der Waals surface area contributed by atoms with Crippen LogP contribution in [0.25, 0.3) is 0 Å². The number of halogens is 2. The van der Waals surface area contributed by atoms with Crippen LogP contribution >= 0.6 is 11.6 Å². The largest absolute Gasteiger partial charge is 0.399 e. The lowest BCUT2D eigenvalue weighted by Gasteiger charge is -2.15. The van der Waals surface area contributed by atoms with E-state index in [4.69, 9.17) is 23.8 Å². The minimum Gasteiger partial charge on any atom is -0.399 e. The Bertz CT molecular complexity index is 581. The topological polar surface area (TPSA) is 63.4 Å². The Morgan fingerprint density at radius 1 is 1.59 bits per heavy atom. The molecule has 17 heavy (non-hydrogen) atoms. The Morgan fingerprint density at radius 3 is 2.71 bits per heavy atom. The van der Waals surface area contributed by atoms with Gasteiger partial charge in [-0.15, -0.1) is 6.42 Å². The molecule has 0 saturated carbocycles. The molecule has 0 unspecified atom stereocenters. The summed E-state index contributed by atoms with van der Waals surface area (Å²) in [6, 6.07) is 2.14. The van der Waals surface area contributed by atoms with Crippen LogP contribution in [0.15, 0.2) is 17.0 Å². The molecule has 0 aliphatic rings. The minimum absolute atomic E-state index is 0.0593. The maximum Gasteiger partial charge on any atom is 0.246 e. The van der Waals surface area contributed by atoms with Crippen molar-refractivity contribution in [2.45, 2.75) is 4.90 Å². The van der Waals surface area contributed by atoms with Crippen molar-refractivity contribution in [3.8, 4) is 12.3 Å². The van der Waals surface area contributed by atoms with Crippen LogP contribution in [0.3, 0.4) is 0 Å². The van der Waals surface area contributed by atoms with Gasteiger partial charge in [-0.3, -0.25) is 0 Å². The summed E-state index contributed by atoms with van der Waals surface area (Å²) in [4.78, 5) is -0.583. The van der Waals surface area contributed by atoms with Gasteiger partial charge in [0.1, 0.15) is 4.90 Å². The fourth-order valence-corrected chi connectivity index (χ4v) is 2.64. The number of hydrogen-bond donors (Lipinski definition) is 1. The van der Waals surface area contributed by atoms with Gasteiger partial charge in [-0.25, -0.2) is 12.8 Å². The van der Waals surface area contributed by atoms with E-state index in [1.807, 2.05) is 0 Å². The molecule has 1 rings (SSSR count). The molecule has 0 aromatic heterocycles. The number of terminal acetylenes is 1. The lowest BCUT2D eigenvalue weighted by molar-refractivity contribution is 0.492. The summed E-state index contributed by atoms with van der Waals surface area (Å²) in [5, 5.41) is -0.349. The van der Waals surface area contributed by atoms with Crippen LogP contribution in [0.2, 0.25) is 5.02 Å². The molecule has 0 bridgehead atoms. The molecular formula is C10H10ClFN2O2S. The lowest BCUT2D eigenvalue weighted by Crippen LogP contribution is -2.28. The molecule has 0 amide bonds. The van der Waals surface area contributed by atoms with Gasteiger partial charge in [0.15, 0.2) is 5.82 Å². The number of anilines is 1. The molecule has 0 heterocycles. The van der Waals surface area contributed by atoms with E-state index in [0.29, 0.717) is 0 Å². The van der Waals surface area contributed by atoms with Crippen molar-refractivity contribution in [3.05, 3.63) is 23.0 Å². The zero-order valence-corrected chi connectivity index (χ0v) is 10.5. The molecule has 1 aromatic rings. The van der Waals surface area contributed by atoms with Crippen molar-refractivity contribution in [1.29, 1.82) is 0 Å². The summed E-state index contributed by atoms with van der Waals surface area (Å²) in [6.07, 6.45) is 5.00. The summed E-state index contributed by atoms with van der Waals surface area (Å²) in [6.45, 7) is -0.172. The first-order chi connectivity index (χ1) is 7.80. The van der Waals surface area contributed by atoms with Gasteiger partial charge in [0.05, 0.1) is 11.6 Å². The molecular weight excluding hydrogens is 267 g/mol. The summed E-state index contributed by atoms with van der Waals surface area (Å²) < 4.78 is 38.3. The highest BCUT2D eigenvalue weighted by Crippen LogP contribution is 2.27. The van der Waals surface area contributed by atoms with E-state index in [1.54, 1.807) is 0 Å². The number of sulfonamides is 1. The van der Waals surface area contributed by atoms with E-state index in [2.05, 4.69) is 5.92 Å². The summed E-state index contributed by atoms with van der Waals surface area (Å²) in [7, 11) is -2.78. The van der Waals surface area contributed by atoms with Gasteiger partial charge in [-0.1, -0.05) is 17.5 Å². The van der Waals surface area contributed by atoms with Gasteiger partial charge in [0, 0.05) is 12.7 Å². The van der Waals surface area contributed by atoms with Crippen molar-refractivity contribution in [3.63, 3.8) is 0 Å². The van der Waals surface area contributed by atoms with Gasteiger partial charge in [0.2, 0.25) is 10.0 Å². The highest BCUT2D eigenvalue weighted by molar-refractivity contribution is 7.89. The van der Waals surface area contributed by atoms with Crippen LogP contribution in [-0.2, 0) is 10.0 Å². The Kier molecular flexibility index (Phi) is 3.98. The lowest BCUT2D eigenvalue weighted by atomic mass is 10.3. The predicted octanol–water partition coefficient (Wildman–Crippen LogP) is 1.32. The van der Waals surface area contributed by atoms with Gasteiger partial charge in [-0.2, -0.15) is 4.31 Å². The molecule has 2 N–H and O–H groups in total. The zero-order chi connectivity index (χ0) is 13.2. The second-order valence-corrected chi connectivity index (χ2v) is 5.70. The van der Waals surface area contributed by atoms with Crippen molar-refractivity contribution >= 4 is 27.3 Å². The van der Waals surface area contributed by atoms with Crippen LogP contribution in [0.5, 0.6) is 0 Å². The summed E-state index contributed by atoms with van der Waals surface area (Å²) in [5.41, 5.74) is 5.48. The summed E-state index contributed by atoms with van der Waals surface area (Å²) >= 11 is 5.53. The maximum atomic E-state index is 13.6. The number of nitrogens with zero attached hydrogens (tertiary/aromatic N) is 1. The summed E-state index contributed by atoms with van der Waals surface area (Å²) in [5.74, 6) is 1.11. The van der Waals surface area contributed by atoms with E-state index < -0.39 is 20.7 Å². The zero-order valence-electron chi connectivity index (χ0n) is 8.94. The number of nitrogen functional groups attached to an aromatic ring is 1. The minimum atomic E-state index is -4.03. The molecule has 0 aliphatic carbocycles. The van der Waals surface area contributed by atoms with Crippen LogP contribution in [0.4, 0.5) is 10.1 Å². The number of hydrogen-bond acceptors (Lipinski definition) is 3. The molecule has 0 aliphatic heterocycles. The Morgan fingerprint density at radius 2 is 2.18 bits per heavy atom. The Balaban J connectivity index is 3.40. The van der Waals surface area contributed by atoms with E-state index in [-0.39, 0.29) is 17.3 Å². The third-order valence-corrected chi connectivity index (χ3v) is 4.10. The molecule has 7 heteroatoms. The molecule has 0 saturated heterocycles. The van der Waals surface area contributed by atoms with Crippen molar-refractivity contribution in [1.82, 2.24) is 4.31 Å². The number of nitrogens with two attached hydrogens (primary N) is 1.